The monoisotopic (exact) mass is 297 g/mol. The summed E-state index contributed by atoms with van der Waals surface area (Å²) in [6, 6.07) is -0.399. The SMILES string of the molecule is Cc1nn(C)c(C)c1CCC(=O)NC1C=CS(=O)(=O)C1. The molecule has 1 aliphatic heterocycles. The zero-order valence-corrected chi connectivity index (χ0v) is 12.7. The molecule has 0 bridgehead atoms. The second kappa shape index (κ2) is 5.40. The lowest BCUT2D eigenvalue weighted by Crippen LogP contribution is -2.35. The highest BCUT2D eigenvalue weighted by Crippen LogP contribution is 2.14. The lowest BCUT2D eigenvalue weighted by atomic mass is 10.1. The Morgan fingerprint density at radius 1 is 1.50 bits per heavy atom. The molecule has 0 saturated heterocycles. The van der Waals surface area contributed by atoms with Gasteiger partial charge in [0.1, 0.15) is 0 Å². The normalized spacial score (nSPS) is 20.2. The Hall–Kier alpha value is -1.63. The summed E-state index contributed by atoms with van der Waals surface area (Å²) >= 11 is 0. The van der Waals surface area contributed by atoms with Gasteiger partial charge in [0.2, 0.25) is 5.91 Å². The molecule has 0 radical (unpaired) electrons. The highest BCUT2D eigenvalue weighted by Gasteiger charge is 2.23. The van der Waals surface area contributed by atoms with Crippen molar-refractivity contribution in [3.05, 3.63) is 28.4 Å². The molecular formula is C13H19N3O3S. The van der Waals surface area contributed by atoms with E-state index in [4.69, 9.17) is 0 Å². The van der Waals surface area contributed by atoms with Gasteiger partial charge < -0.3 is 5.32 Å². The van der Waals surface area contributed by atoms with Gasteiger partial charge in [-0.2, -0.15) is 5.10 Å². The average Bonchev–Trinajstić information content (AvgIpc) is 2.78. The van der Waals surface area contributed by atoms with E-state index in [2.05, 4.69) is 10.4 Å². The topological polar surface area (TPSA) is 81.1 Å². The van der Waals surface area contributed by atoms with Gasteiger partial charge in [-0.05, 0) is 31.9 Å². The first-order valence-electron chi connectivity index (χ1n) is 6.48. The van der Waals surface area contributed by atoms with Crippen LogP contribution in [-0.4, -0.2) is 35.9 Å². The molecular weight excluding hydrogens is 278 g/mol. The maximum atomic E-state index is 11.8. The van der Waals surface area contributed by atoms with Crippen LogP contribution >= 0.6 is 0 Å². The molecule has 1 aromatic rings. The van der Waals surface area contributed by atoms with Crippen molar-refractivity contribution in [2.45, 2.75) is 32.7 Å². The van der Waals surface area contributed by atoms with Crippen molar-refractivity contribution in [2.75, 3.05) is 5.75 Å². The molecule has 0 saturated carbocycles. The van der Waals surface area contributed by atoms with E-state index in [1.54, 1.807) is 4.68 Å². The lowest BCUT2D eigenvalue weighted by molar-refractivity contribution is -0.121. The molecule has 1 atom stereocenters. The number of aromatic nitrogens is 2. The minimum absolute atomic E-state index is 0.0380. The van der Waals surface area contributed by atoms with E-state index in [1.165, 1.54) is 6.08 Å². The van der Waals surface area contributed by atoms with E-state index in [1.807, 2.05) is 20.9 Å². The first-order chi connectivity index (χ1) is 9.28. The summed E-state index contributed by atoms with van der Waals surface area (Å²) in [4.78, 5) is 11.8. The summed E-state index contributed by atoms with van der Waals surface area (Å²) in [6.45, 7) is 3.89. The fourth-order valence-electron chi connectivity index (χ4n) is 2.36. The number of nitrogens with zero attached hydrogens (tertiary/aromatic N) is 2. The van der Waals surface area contributed by atoms with Gasteiger partial charge in [-0.25, -0.2) is 8.42 Å². The number of carbonyl (C=O) groups is 1. The Balaban J connectivity index is 1.89. The van der Waals surface area contributed by atoms with E-state index in [9.17, 15) is 13.2 Å². The quantitative estimate of drug-likeness (QED) is 0.872. The molecule has 7 heteroatoms. The summed E-state index contributed by atoms with van der Waals surface area (Å²) in [5.74, 6) is -0.177. The number of amides is 1. The Morgan fingerprint density at radius 3 is 2.70 bits per heavy atom. The van der Waals surface area contributed by atoms with Gasteiger partial charge in [0, 0.05) is 24.6 Å². The molecule has 1 amide bonds. The van der Waals surface area contributed by atoms with Crippen LogP contribution in [0.1, 0.15) is 23.4 Å². The minimum atomic E-state index is -3.13. The Morgan fingerprint density at radius 2 is 2.20 bits per heavy atom. The average molecular weight is 297 g/mol. The summed E-state index contributed by atoms with van der Waals surface area (Å²) < 4.78 is 24.3. The predicted molar refractivity (Wildman–Crippen MR) is 75.9 cm³/mol. The maximum absolute atomic E-state index is 11.8. The van der Waals surface area contributed by atoms with Crippen LogP contribution < -0.4 is 5.32 Å². The number of nitrogens with one attached hydrogen (secondary N) is 1. The minimum Gasteiger partial charge on any atom is -0.349 e. The second-order valence-electron chi connectivity index (χ2n) is 5.11. The predicted octanol–water partition coefficient (Wildman–Crippen LogP) is 0.396. The third kappa shape index (κ3) is 3.27. The van der Waals surface area contributed by atoms with E-state index in [0.717, 1.165) is 22.4 Å². The van der Waals surface area contributed by atoms with Gasteiger partial charge >= 0.3 is 0 Å². The number of carbonyl (C=O) groups excluding carboxylic acids is 1. The van der Waals surface area contributed by atoms with Crippen molar-refractivity contribution in [3.63, 3.8) is 0 Å². The number of rotatable bonds is 4. The van der Waals surface area contributed by atoms with Gasteiger partial charge in [0.15, 0.2) is 9.84 Å². The zero-order chi connectivity index (χ0) is 14.9. The van der Waals surface area contributed by atoms with E-state index >= 15 is 0 Å². The van der Waals surface area contributed by atoms with Crippen LogP contribution in [0.3, 0.4) is 0 Å². The van der Waals surface area contributed by atoms with Crippen LogP contribution in [0.4, 0.5) is 0 Å². The van der Waals surface area contributed by atoms with Gasteiger partial charge in [-0.15, -0.1) is 0 Å². The third-order valence-electron chi connectivity index (χ3n) is 3.54. The van der Waals surface area contributed by atoms with E-state index in [0.29, 0.717) is 12.8 Å². The molecule has 1 aliphatic rings. The van der Waals surface area contributed by atoms with E-state index < -0.39 is 15.9 Å². The second-order valence-corrected chi connectivity index (χ2v) is 7.04. The summed E-state index contributed by atoms with van der Waals surface area (Å²) in [7, 11) is -1.25. The Labute approximate surface area is 118 Å². The van der Waals surface area contributed by atoms with Crippen molar-refractivity contribution in [1.82, 2.24) is 15.1 Å². The van der Waals surface area contributed by atoms with Crippen molar-refractivity contribution < 1.29 is 13.2 Å². The zero-order valence-electron chi connectivity index (χ0n) is 11.9. The van der Waals surface area contributed by atoms with Crippen LogP contribution in [0.15, 0.2) is 11.5 Å². The third-order valence-corrected chi connectivity index (χ3v) is 4.93. The number of aryl methyl sites for hydroxylation is 2. The Bertz CT molecular complexity index is 659. The fraction of sp³-hybridized carbons (Fsp3) is 0.538. The van der Waals surface area contributed by atoms with E-state index in [-0.39, 0.29) is 11.7 Å². The molecule has 0 aliphatic carbocycles. The molecule has 2 rings (SSSR count). The molecule has 1 unspecified atom stereocenters. The molecule has 1 aromatic heterocycles. The number of hydrogen-bond donors (Lipinski definition) is 1. The van der Waals surface area contributed by atoms with Gasteiger partial charge in [0.05, 0.1) is 17.5 Å². The number of hydrogen-bond acceptors (Lipinski definition) is 4. The van der Waals surface area contributed by atoms with Gasteiger partial charge in [0.25, 0.3) is 0 Å². The number of sulfone groups is 1. The highest BCUT2D eigenvalue weighted by molar-refractivity contribution is 7.94. The van der Waals surface area contributed by atoms with Crippen LogP contribution in [0.5, 0.6) is 0 Å². The van der Waals surface area contributed by atoms with Crippen LogP contribution in [0.2, 0.25) is 0 Å². The van der Waals surface area contributed by atoms with Crippen molar-refractivity contribution in [2.24, 2.45) is 7.05 Å². The van der Waals surface area contributed by atoms with Crippen molar-refractivity contribution >= 4 is 15.7 Å². The van der Waals surface area contributed by atoms with Crippen molar-refractivity contribution in [3.8, 4) is 0 Å². The first kappa shape index (κ1) is 14.8. The largest absolute Gasteiger partial charge is 0.349 e. The highest BCUT2D eigenvalue weighted by atomic mass is 32.2. The van der Waals surface area contributed by atoms with Crippen LogP contribution in [0, 0.1) is 13.8 Å². The molecule has 110 valence electrons. The molecule has 6 nitrogen and oxygen atoms in total. The van der Waals surface area contributed by atoms with Crippen LogP contribution in [0.25, 0.3) is 0 Å². The summed E-state index contributed by atoms with van der Waals surface area (Å²) in [5.41, 5.74) is 3.07. The molecule has 0 spiro atoms. The van der Waals surface area contributed by atoms with Gasteiger partial charge in [-0.3, -0.25) is 9.48 Å². The smallest absolute Gasteiger partial charge is 0.220 e. The molecule has 20 heavy (non-hydrogen) atoms. The maximum Gasteiger partial charge on any atom is 0.220 e. The van der Waals surface area contributed by atoms with Gasteiger partial charge in [-0.1, -0.05) is 0 Å². The molecule has 2 heterocycles. The summed E-state index contributed by atoms with van der Waals surface area (Å²) in [6.07, 6.45) is 2.46. The Kier molecular flexibility index (Phi) is 3.99. The molecule has 1 N–H and O–H groups in total. The standard InChI is InChI=1S/C13H19N3O3S/c1-9-12(10(2)16(3)15-9)4-5-13(17)14-11-6-7-20(18,19)8-11/h6-7,11H,4-5,8H2,1-3H3,(H,14,17). The molecule has 0 fully saturated rings. The lowest BCUT2D eigenvalue weighted by Gasteiger charge is -2.10. The summed E-state index contributed by atoms with van der Waals surface area (Å²) in [5, 5.41) is 8.18. The molecule has 0 aromatic carbocycles. The fourth-order valence-corrected chi connectivity index (χ4v) is 3.60. The van der Waals surface area contributed by atoms with Crippen molar-refractivity contribution in [1.29, 1.82) is 0 Å². The first-order valence-corrected chi connectivity index (χ1v) is 8.19. The van der Waals surface area contributed by atoms with Crippen LogP contribution in [-0.2, 0) is 28.1 Å².